The first-order valence-corrected chi connectivity index (χ1v) is 9.30. The number of carbonyl (C=O) groups excluding carboxylic acids is 1. The zero-order chi connectivity index (χ0) is 20.6. The number of rotatable bonds is 6. The minimum absolute atomic E-state index is 0.0650. The fraction of sp³-hybridized carbons (Fsp3) is 0.647. The quantitative estimate of drug-likeness (QED) is 0.543. The maximum Gasteiger partial charge on any atom is 0.332 e. The molecule has 3 heterocycles. The summed E-state index contributed by atoms with van der Waals surface area (Å²) in [5, 5.41) is 23.0. The number of amides is 1. The lowest BCUT2D eigenvalue weighted by Crippen LogP contribution is -2.41. The van der Waals surface area contributed by atoms with E-state index in [-0.39, 0.29) is 17.7 Å². The lowest BCUT2D eigenvalue weighted by molar-refractivity contribution is -0.137. The number of aromatic nitrogens is 4. The van der Waals surface area contributed by atoms with Gasteiger partial charge in [0.25, 0.3) is 11.5 Å². The van der Waals surface area contributed by atoms with Gasteiger partial charge in [0.05, 0.1) is 6.33 Å². The topological polar surface area (TPSA) is 141 Å². The number of hydrogen-bond acceptors (Lipinski definition) is 7. The van der Waals surface area contributed by atoms with Crippen LogP contribution in [0.1, 0.15) is 32.9 Å². The van der Waals surface area contributed by atoms with E-state index in [2.05, 4.69) is 10.3 Å². The number of aryl methyl sites for hydroxylation is 1. The summed E-state index contributed by atoms with van der Waals surface area (Å²) in [6, 6.07) is 0. The van der Waals surface area contributed by atoms with Crippen molar-refractivity contribution in [2.24, 2.45) is 0 Å². The van der Waals surface area contributed by atoms with E-state index in [1.165, 1.54) is 22.5 Å². The van der Waals surface area contributed by atoms with Crippen molar-refractivity contribution in [3.8, 4) is 0 Å². The summed E-state index contributed by atoms with van der Waals surface area (Å²) in [7, 11) is 1.39. The molecule has 1 saturated heterocycles. The average molecular weight is 395 g/mol. The highest BCUT2D eigenvalue weighted by atomic mass is 16.6. The molecule has 3 rings (SSSR count). The molecule has 1 aliphatic heterocycles. The highest BCUT2D eigenvalue weighted by molar-refractivity contribution is 5.81. The Hall–Kier alpha value is -2.50. The second kappa shape index (κ2) is 7.86. The number of nitrogens with zero attached hydrogens (tertiary/aromatic N) is 4. The van der Waals surface area contributed by atoms with Crippen LogP contribution >= 0.6 is 0 Å². The first-order chi connectivity index (χ1) is 13.4. The summed E-state index contributed by atoms with van der Waals surface area (Å²) in [6.07, 6.45) is -2.85. The number of carbonyl (C=O) groups is 1. The monoisotopic (exact) mass is 395 g/mol. The molecule has 11 nitrogen and oxygen atoms in total. The molecule has 3 N–H and O–H groups in total. The van der Waals surface area contributed by atoms with E-state index in [0.717, 1.165) is 4.57 Å². The number of hydrogen-bond donors (Lipinski definition) is 3. The predicted molar refractivity (Wildman–Crippen MR) is 98.8 cm³/mol. The van der Waals surface area contributed by atoms with Crippen LogP contribution in [0.4, 0.5) is 0 Å². The minimum atomic E-state index is -1.46. The standard InChI is InChI=1S/C17H25N5O6/c1-4-6-20-14-9(15(26)21(7-5-2)17(20)27)19-8-22(14)16-11(24)10(23)12(28-16)13(25)18-3/h8,10-12,16,23-24H,4-7H2,1-3H3,(H,18,25)/t10-,11+,12-,16+/m0/s1. The molecule has 2 aromatic heterocycles. The Morgan fingerprint density at radius 2 is 1.82 bits per heavy atom. The molecule has 0 aromatic carbocycles. The van der Waals surface area contributed by atoms with Gasteiger partial charge in [0.15, 0.2) is 23.5 Å². The molecule has 1 amide bonds. The van der Waals surface area contributed by atoms with Crippen LogP contribution in [0.5, 0.6) is 0 Å². The molecule has 1 aliphatic rings. The second-order valence-corrected chi connectivity index (χ2v) is 6.76. The third kappa shape index (κ3) is 3.05. The summed E-state index contributed by atoms with van der Waals surface area (Å²) >= 11 is 0. The number of nitrogens with one attached hydrogen (secondary N) is 1. The molecule has 0 aliphatic carbocycles. The summed E-state index contributed by atoms with van der Waals surface area (Å²) in [4.78, 5) is 41.7. The van der Waals surface area contributed by atoms with E-state index in [0.29, 0.717) is 19.4 Å². The van der Waals surface area contributed by atoms with Gasteiger partial charge in [0, 0.05) is 20.1 Å². The molecule has 0 radical (unpaired) electrons. The Kier molecular flexibility index (Phi) is 5.68. The predicted octanol–water partition coefficient (Wildman–Crippen LogP) is -1.46. The number of imidazole rings is 1. The molecule has 11 heteroatoms. The fourth-order valence-electron chi connectivity index (χ4n) is 3.50. The minimum Gasteiger partial charge on any atom is -0.387 e. The van der Waals surface area contributed by atoms with E-state index >= 15 is 0 Å². The number of aliphatic hydroxyl groups excluding tert-OH is 2. The number of likely N-dealkylation sites (N-methyl/N-ethyl adjacent to an activating group) is 1. The molecular formula is C17H25N5O6. The van der Waals surface area contributed by atoms with E-state index < -0.39 is 41.7 Å². The first kappa shape index (κ1) is 20.2. The van der Waals surface area contributed by atoms with Gasteiger partial charge in [-0.15, -0.1) is 0 Å². The van der Waals surface area contributed by atoms with Crippen LogP contribution in [-0.2, 0) is 22.6 Å². The van der Waals surface area contributed by atoms with Crippen molar-refractivity contribution in [2.75, 3.05) is 7.05 Å². The highest BCUT2D eigenvalue weighted by Crippen LogP contribution is 2.31. The van der Waals surface area contributed by atoms with E-state index in [1.54, 1.807) is 0 Å². The smallest absolute Gasteiger partial charge is 0.332 e. The number of fused-ring (bicyclic) bond motifs is 1. The van der Waals surface area contributed by atoms with Crippen LogP contribution < -0.4 is 16.6 Å². The maximum atomic E-state index is 12.9. The summed E-state index contributed by atoms with van der Waals surface area (Å²) in [5.41, 5.74) is -0.740. The molecule has 0 bridgehead atoms. The lowest BCUT2D eigenvalue weighted by Gasteiger charge is -2.19. The summed E-state index contributed by atoms with van der Waals surface area (Å²) in [6.45, 7) is 4.35. The van der Waals surface area contributed by atoms with Crippen LogP contribution in [0.25, 0.3) is 11.2 Å². The number of ether oxygens (including phenoxy) is 1. The molecule has 28 heavy (non-hydrogen) atoms. The molecule has 0 spiro atoms. The van der Waals surface area contributed by atoms with Crippen molar-refractivity contribution >= 4 is 17.1 Å². The molecule has 0 unspecified atom stereocenters. The zero-order valence-corrected chi connectivity index (χ0v) is 16.0. The van der Waals surface area contributed by atoms with Crippen molar-refractivity contribution < 1.29 is 19.7 Å². The van der Waals surface area contributed by atoms with Crippen molar-refractivity contribution in [3.05, 3.63) is 27.2 Å². The molecule has 2 aromatic rings. The van der Waals surface area contributed by atoms with Gasteiger partial charge in [-0.05, 0) is 12.8 Å². The molecule has 154 valence electrons. The van der Waals surface area contributed by atoms with E-state index in [1.807, 2.05) is 13.8 Å². The van der Waals surface area contributed by atoms with Crippen molar-refractivity contribution in [2.45, 2.75) is 64.3 Å². The van der Waals surface area contributed by atoms with Crippen LogP contribution in [-0.4, -0.2) is 60.2 Å². The third-order valence-corrected chi connectivity index (χ3v) is 4.84. The Morgan fingerprint density at radius 1 is 1.18 bits per heavy atom. The number of aliphatic hydroxyl groups is 2. The largest absolute Gasteiger partial charge is 0.387 e. The normalized spacial score (nSPS) is 24.8. The van der Waals surface area contributed by atoms with Gasteiger partial charge in [-0.1, -0.05) is 13.8 Å². The molecular weight excluding hydrogens is 370 g/mol. The highest BCUT2D eigenvalue weighted by Gasteiger charge is 2.47. The molecule has 4 atom stereocenters. The van der Waals surface area contributed by atoms with E-state index in [4.69, 9.17) is 4.74 Å². The Labute approximate surface area is 160 Å². The Morgan fingerprint density at radius 3 is 2.43 bits per heavy atom. The molecule has 1 fully saturated rings. The van der Waals surface area contributed by atoms with Gasteiger partial charge in [0.1, 0.15) is 12.2 Å². The lowest BCUT2D eigenvalue weighted by atomic mass is 10.1. The van der Waals surface area contributed by atoms with E-state index in [9.17, 15) is 24.6 Å². The fourth-order valence-corrected chi connectivity index (χ4v) is 3.50. The van der Waals surface area contributed by atoms with Crippen molar-refractivity contribution in [1.82, 2.24) is 24.0 Å². The van der Waals surface area contributed by atoms with Crippen molar-refractivity contribution in [1.29, 1.82) is 0 Å². The summed E-state index contributed by atoms with van der Waals surface area (Å²) in [5.74, 6) is -0.588. The SMILES string of the molecule is CCCn1c(=O)c2ncn([C@@H]3O[C@H](C(=O)NC)[C@@H](O)[C@H]3O)c2n(CCC)c1=O. The van der Waals surface area contributed by atoms with Gasteiger partial charge in [-0.3, -0.25) is 23.3 Å². The molecule has 0 saturated carbocycles. The van der Waals surface area contributed by atoms with Crippen LogP contribution in [0.15, 0.2) is 15.9 Å². The van der Waals surface area contributed by atoms with Crippen molar-refractivity contribution in [3.63, 3.8) is 0 Å². The Balaban J connectivity index is 2.20. The van der Waals surface area contributed by atoms with Gasteiger partial charge < -0.3 is 20.3 Å². The Bertz CT molecular complexity index is 992. The van der Waals surface area contributed by atoms with Gasteiger partial charge in [0.2, 0.25) is 0 Å². The maximum absolute atomic E-state index is 12.9. The summed E-state index contributed by atoms with van der Waals surface area (Å²) < 4.78 is 9.46. The van der Waals surface area contributed by atoms with Gasteiger partial charge in [-0.2, -0.15) is 0 Å². The third-order valence-electron chi connectivity index (χ3n) is 4.84. The average Bonchev–Trinajstić information content (AvgIpc) is 3.24. The van der Waals surface area contributed by atoms with Crippen LogP contribution in [0, 0.1) is 0 Å². The first-order valence-electron chi connectivity index (χ1n) is 9.30. The van der Waals surface area contributed by atoms with Gasteiger partial charge in [-0.25, -0.2) is 9.78 Å². The van der Waals surface area contributed by atoms with Crippen LogP contribution in [0.3, 0.4) is 0 Å². The zero-order valence-electron chi connectivity index (χ0n) is 16.0. The van der Waals surface area contributed by atoms with Crippen LogP contribution in [0.2, 0.25) is 0 Å². The van der Waals surface area contributed by atoms with Gasteiger partial charge >= 0.3 is 5.69 Å². The second-order valence-electron chi connectivity index (χ2n) is 6.76.